The third kappa shape index (κ3) is 4.36. The second-order valence-electron chi connectivity index (χ2n) is 8.30. The lowest BCUT2D eigenvalue weighted by molar-refractivity contribution is 0.409. The first-order chi connectivity index (χ1) is 15.8. The van der Waals surface area contributed by atoms with Crippen molar-refractivity contribution in [3.05, 3.63) is 130 Å². The number of hydrogen-bond acceptors (Lipinski definition) is 2. The molecule has 0 heterocycles. The summed E-state index contributed by atoms with van der Waals surface area (Å²) in [5.41, 5.74) is 9.51. The molecule has 0 aliphatic heterocycles. The van der Waals surface area contributed by atoms with Crippen LogP contribution in [0.1, 0.15) is 33.4 Å². The Labute approximate surface area is 190 Å². The van der Waals surface area contributed by atoms with E-state index in [1.54, 1.807) is 7.11 Å². The predicted molar refractivity (Wildman–Crippen MR) is 132 cm³/mol. The number of hydrogen-bond donors (Lipinski definition) is 0. The minimum Gasteiger partial charge on any atom is -0.496 e. The fourth-order valence-corrected chi connectivity index (χ4v) is 4.40. The van der Waals surface area contributed by atoms with Crippen molar-refractivity contribution in [2.24, 2.45) is 4.99 Å². The van der Waals surface area contributed by atoms with Gasteiger partial charge in [0.2, 0.25) is 0 Å². The maximum atomic E-state index is 5.66. The smallest absolute Gasteiger partial charge is 0.122 e. The number of rotatable bonds is 4. The highest BCUT2D eigenvalue weighted by atomic mass is 16.5. The maximum Gasteiger partial charge on any atom is 0.122 e. The predicted octanol–water partition coefficient (Wildman–Crippen LogP) is 6.75. The Morgan fingerprint density at radius 1 is 0.625 bits per heavy atom. The molecule has 8 rings (SSSR count). The summed E-state index contributed by atoms with van der Waals surface area (Å²) in [5.74, 6) is 1.01. The van der Waals surface area contributed by atoms with Crippen LogP contribution in [0.15, 0.2) is 102 Å². The topological polar surface area (TPSA) is 21.6 Å². The van der Waals surface area contributed by atoms with Crippen LogP contribution in [-0.2, 0) is 25.7 Å². The molecular formula is C30H27NO. The highest BCUT2D eigenvalue weighted by Crippen LogP contribution is 2.29. The van der Waals surface area contributed by atoms with Crippen LogP contribution in [0.25, 0.3) is 0 Å². The second-order valence-corrected chi connectivity index (χ2v) is 8.30. The molecule has 2 nitrogen and oxygen atoms in total. The molecule has 0 spiro atoms. The first-order valence-corrected chi connectivity index (χ1v) is 11.3. The molecule has 0 saturated carbocycles. The van der Waals surface area contributed by atoms with E-state index in [0.29, 0.717) is 0 Å². The van der Waals surface area contributed by atoms with Gasteiger partial charge in [-0.25, -0.2) is 4.99 Å². The van der Waals surface area contributed by atoms with Crippen LogP contribution in [0.2, 0.25) is 0 Å². The van der Waals surface area contributed by atoms with Gasteiger partial charge in [-0.05, 0) is 60.1 Å². The molecular weight excluding hydrogens is 390 g/mol. The number of aliphatic imine (C=N–C) groups is 1. The van der Waals surface area contributed by atoms with Crippen LogP contribution >= 0.6 is 0 Å². The van der Waals surface area contributed by atoms with Gasteiger partial charge in [-0.15, -0.1) is 0 Å². The number of methoxy groups -OCH3 is 1. The quantitative estimate of drug-likeness (QED) is 0.337. The molecule has 0 radical (unpaired) electrons. The van der Waals surface area contributed by atoms with Crippen LogP contribution in [0.3, 0.4) is 0 Å². The van der Waals surface area contributed by atoms with E-state index in [1.807, 2.05) is 0 Å². The van der Waals surface area contributed by atoms with Crippen molar-refractivity contribution in [1.29, 1.82) is 0 Å². The van der Waals surface area contributed by atoms with Gasteiger partial charge in [0.05, 0.1) is 18.5 Å². The van der Waals surface area contributed by atoms with Gasteiger partial charge in [-0.1, -0.05) is 84.9 Å². The van der Waals surface area contributed by atoms with Gasteiger partial charge < -0.3 is 4.74 Å². The van der Waals surface area contributed by atoms with Crippen molar-refractivity contribution < 1.29 is 4.74 Å². The fourth-order valence-electron chi connectivity index (χ4n) is 4.40. The molecule has 4 aliphatic carbocycles. The van der Waals surface area contributed by atoms with E-state index >= 15 is 0 Å². The Bertz CT molecular complexity index is 1200. The Morgan fingerprint density at radius 3 is 1.81 bits per heavy atom. The van der Waals surface area contributed by atoms with E-state index in [0.717, 1.165) is 54.0 Å². The van der Waals surface area contributed by atoms with Crippen molar-refractivity contribution in [2.75, 3.05) is 7.11 Å². The Hall–Kier alpha value is -3.65. The van der Waals surface area contributed by atoms with Gasteiger partial charge in [-0.2, -0.15) is 0 Å². The summed E-state index contributed by atoms with van der Waals surface area (Å²) in [6.07, 6.45) is 3.82. The van der Waals surface area contributed by atoms with Crippen molar-refractivity contribution >= 4 is 11.4 Å². The molecule has 0 atom stereocenters. The normalized spacial score (nSPS) is 12.7. The Balaban J connectivity index is 1.60. The Kier molecular flexibility index (Phi) is 5.85. The zero-order valence-corrected chi connectivity index (χ0v) is 18.4. The molecule has 0 aromatic heterocycles. The lowest BCUT2D eigenvalue weighted by Crippen LogP contribution is -2.04. The van der Waals surface area contributed by atoms with E-state index in [1.165, 1.54) is 22.3 Å². The summed E-state index contributed by atoms with van der Waals surface area (Å²) >= 11 is 0. The van der Waals surface area contributed by atoms with E-state index in [9.17, 15) is 0 Å². The summed E-state index contributed by atoms with van der Waals surface area (Å²) in [6.45, 7) is 0. The highest BCUT2D eigenvalue weighted by Gasteiger charge is 2.13. The van der Waals surface area contributed by atoms with Gasteiger partial charge in [0.25, 0.3) is 0 Å². The van der Waals surface area contributed by atoms with Crippen molar-refractivity contribution in [3.8, 4) is 5.75 Å². The molecule has 0 amide bonds. The lowest BCUT2D eigenvalue weighted by atomic mass is 9.94. The van der Waals surface area contributed by atoms with Crippen LogP contribution in [0, 0.1) is 0 Å². The summed E-state index contributed by atoms with van der Waals surface area (Å²) in [5, 5.41) is 0. The summed E-state index contributed by atoms with van der Waals surface area (Å²) in [7, 11) is 1.77. The van der Waals surface area contributed by atoms with Gasteiger partial charge in [0.1, 0.15) is 5.75 Å². The molecule has 0 N–H and O–H groups in total. The molecule has 0 fully saturated rings. The lowest BCUT2D eigenvalue weighted by Gasteiger charge is -2.16. The average Bonchev–Trinajstić information content (AvgIpc) is 2.85. The summed E-state index contributed by atoms with van der Waals surface area (Å²) < 4.78 is 5.66. The summed E-state index contributed by atoms with van der Waals surface area (Å²) in [4.78, 5) is 5.27. The van der Waals surface area contributed by atoms with Crippen molar-refractivity contribution in [2.45, 2.75) is 25.7 Å². The number of nitrogens with zero attached hydrogens (tertiary/aromatic N) is 1. The molecule has 0 saturated heterocycles. The third-order valence-corrected chi connectivity index (χ3v) is 6.19. The highest BCUT2D eigenvalue weighted by molar-refractivity contribution is 6.14. The van der Waals surface area contributed by atoms with Crippen LogP contribution in [0.4, 0.5) is 5.69 Å². The molecule has 4 aromatic rings. The van der Waals surface area contributed by atoms with E-state index in [2.05, 4.69) is 97.1 Å². The minimum absolute atomic E-state index is 0.943. The monoisotopic (exact) mass is 417 g/mol. The fraction of sp³-hybridized carbons (Fsp3) is 0.167. The van der Waals surface area contributed by atoms with Crippen LogP contribution in [-0.4, -0.2) is 12.8 Å². The Morgan fingerprint density at radius 2 is 1.19 bits per heavy atom. The first kappa shape index (κ1) is 20.3. The molecule has 158 valence electrons. The van der Waals surface area contributed by atoms with E-state index in [4.69, 9.17) is 9.73 Å². The molecule has 0 unspecified atom stereocenters. The number of ether oxygens (including phenoxy) is 1. The SMILES string of the molecule is COc1cc2ccc1CCc1ccc(c(N=C(c3ccccc3)c3ccccc3)c1)CC2. The van der Waals surface area contributed by atoms with E-state index in [-0.39, 0.29) is 0 Å². The van der Waals surface area contributed by atoms with Crippen molar-refractivity contribution in [3.63, 3.8) is 0 Å². The zero-order chi connectivity index (χ0) is 21.8. The molecule has 2 heteroatoms. The first-order valence-electron chi connectivity index (χ1n) is 11.3. The number of aryl methyl sites for hydroxylation is 4. The summed E-state index contributed by atoms with van der Waals surface area (Å²) in [6, 6.07) is 34.5. The van der Waals surface area contributed by atoms with Crippen LogP contribution in [0.5, 0.6) is 5.75 Å². The number of benzene rings is 4. The third-order valence-electron chi connectivity index (χ3n) is 6.19. The molecule has 4 bridgehead atoms. The van der Waals surface area contributed by atoms with Crippen LogP contribution < -0.4 is 4.74 Å². The average molecular weight is 418 g/mol. The van der Waals surface area contributed by atoms with Gasteiger partial charge in [-0.3, -0.25) is 0 Å². The maximum absolute atomic E-state index is 5.66. The van der Waals surface area contributed by atoms with Crippen molar-refractivity contribution in [1.82, 2.24) is 0 Å². The minimum atomic E-state index is 0.943. The van der Waals surface area contributed by atoms with Gasteiger partial charge in [0, 0.05) is 11.1 Å². The van der Waals surface area contributed by atoms with Gasteiger partial charge in [0.15, 0.2) is 0 Å². The molecule has 32 heavy (non-hydrogen) atoms. The van der Waals surface area contributed by atoms with E-state index < -0.39 is 0 Å². The second kappa shape index (κ2) is 9.23. The largest absolute Gasteiger partial charge is 0.496 e. The standard InChI is InChI=1S/C30H27NO/c1-32-29-21-23-13-17-24-16-12-22(14-18-25(29)19-15-23)20-28(24)31-30(26-8-4-2-5-9-26)27-10-6-3-7-11-27/h2-12,15-16,19-21H,13-14,17-18H2,1H3. The molecule has 4 aliphatic rings. The van der Waals surface area contributed by atoms with Gasteiger partial charge >= 0.3 is 0 Å². The molecule has 4 aromatic carbocycles. The zero-order valence-electron chi connectivity index (χ0n) is 18.4.